The second kappa shape index (κ2) is 6.08. The number of thioether (sulfide) groups is 1. The molecule has 16 heavy (non-hydrogen) atoms. The van der Waals surface area contributed by atoms with Gasteiger partial charge >= 0.3 is 0 Å². The van der Waals surface area contributed by atoms with Crippen molar-refractivity contribution < 1.29 is 0 Å². The molecule has 0 bridgehead atoms. The van der Waals surface area contributed by atoms with Gasteiger partial charge in [0.05, 0.1) is 0 Å². The number of hydrogen-bond donors (Lipinski definition) is 1. The maximum Gasteiger partial charge on any atom is 0.0311 e. The lowest BCUT2D eigenvalue weighted by Gasteiger charge is -2.30. The molecular formula is C13H18BrNS. The van der Waals surface area contributed by atoms with Gasteiger partial charge in [0.1, 0.15) is 0 Å². The Morgan fingerprint density at radius 1 is 1.25 bits per heavy atom. The van der Waals surface area contributed by atoms with Crippen molar-refractivity contribution in [3.05, 3.63) is 28.7 Å². The van der Waals surface area contributed by atoms with Crippen LogP contribution in [0.3, 0.4) is 0 Å². The third-order valence-corrected chi connectivity index (χ3v) is 5.74. The van der Waals surface area contributed by atoms with Gasteiger partial charge in [0.25, 0.3) is 0 Å². The minimum atomic E-state index is 0.700. The highest BCUT2D eigenvalue weighted by atomic mass is 79.9. The fourth-order valence-corrected chi connectivity index (χ4v) is 4.26. The van der Waals surface area contributed by atoms with Crippen molar-refractivity contribution in [3.63, 3.8) is 0 Å². The molecule has 2 unspecified atom stereocenters. The van der Waals surface area contributed by atoms with E-state index in [0.717, 1.165) is 6.54 Å². The summed E-state index contributed by atoms with van der Waals surface area (Å²) in [4.78, 5) is 1.35. The Bertz CT molecular complexity index is 342. The molecule has 1 aromatic rings. The molecule has 1 aliphatic rings. The Labute approximate surface area is 110 Å². The number of benzene rings is 1. The molecule has 1 saturated carbocycles. The van der Waals surface area contributed by atoms with Crippen LogP contribution < -0.4 is 5.73 Å². The van der Waals surface area contributed by atoms with Crippen LogP contribution in [0.4, 0.5) is 0 Å². The predicted octanol–water partition coefficient (Wildman–Crippen LogP) is 4.06. The molecule has 0 heterocycles. The van der Waals surface area contributed by atoms with E-state index in [0.29, 0.717) is 11.2 Å². The molecule has 1 nitrogen and oxygen atoms in total. The Kier molecular flexibility index (Phi) is 4.74. The number of hydrogen-bond acceptors (Lipinski definition) is 2. The van der Waals surface area contributed by atoms with E-state index in [-0.39, 0.29) is 0 Å². The normalized spacial score (nSPS) is 25.6. The maximum atomic E-state index is 5.86. The van der Waals surface area contributed by atoms with Crippen LogP contribution in [0.2, 0.25) is 0 Å². The Balaban J connectivity index is 2.05. The van der Waals surface area contributed by atoms with Crippen LogP contribution in [0.5, 0.6) is 0 Å². The van der Waals surface area contributed by atoms with Crippen LogP contribution in [0.25, 0.3) is 0 Å². The zero-order valence-corrected chi connectivity index (χ0v) is 11.8. The van der Waals surface area contributed by atoms with E-state index in [1.165, 1.54) is 35.1 Å². The van der Waals surface area contributed by atoms with E-state index in [2.05, 4.69) is 40.2 Å². The van der Waals surface area contributed by atoms with Gasteiger partial charge in [0.2, 0.25) is 0 Å². The summed E-state index contributed by atoms with van der Waals surface area (Å²) in [6, 6.07) is 8.47. The first-order chi connectivity index (χ1) is 7.81. The first-order valence-electron chi connectivity index (χ1n) is 5.92. The Morgan fingerprint density at radius 3 is 2.75 bits per heavy atom. The highest BCUT2D eigenvalue weighted by molar-refractivity contribution is 9.10. The summed E-state index contributed by atoms with van der Waals surface area (Å²) in [7, 11) is 0. The van der Waals surface area contributed by atoms with Gasteiger partial charge in [0.15, 0.2) is 0 Å². The van der Waals surface area contributed by atoms with Crippen LogP contribution >= 0.6 is 27.7 Å². The molecule has 2 N–H and O–H groups in total. The summed E-state index contributed by atoms with van der Waals surface area (Å²) < 4.78 is 1.21. The van der Waals surface area contributed by atoms with E-state index >= 15 is 0 Å². The highest BCUT2D eigenvalue weighted by Crippen LogP contribution is 2.39. The molecule has 3 heteroatoms. The average Bonchev–Trinajstić information content (AvgIpc) is 2.33. The van der Waals surface area contributed by atoms with Gasteiger partial charge in [0, 0.05) is 14.6 Å². The quantitative estimate of drug-likeness (QED) is 0.911. The minimum Gasteiger partial charge on any atom is -0.330 e. The van der Waals surface area contributed by atoms with Crippen molar-refractivity contribution >= 4 is 27.7 Å². The molecule has 1 aliphatic carbocycles. The lowest BCUT2D eigenvalue weighted by atomic mass is 9.89. The van der Waals surface area contributed by atoms with Gasteiger partial charge in [-0.25, -0.2) is 0 Å². The van der Waals surface area contributed by atoms with Crippen molar-refractivity contribution in [2.24, 2.45) is 11.7 Å². The third kappa shape index (κ3) is 3.02. The Hall–Kier alpha value is 0.01000. The zero-order valence-electron chi connectivity index (χ0n) is 9.36. The van der Waals surface area contributed by atoms with Crippen molar-refractivity contribution in [2.45, 2.75) is 35.8 Å². The van der Waals surface area contributed by atoms with E-state index < -0.39 is 0 Å². The van der Waals surface area contributed by atoms with Gasteiger partial charge in [-0.2, -0.15) is 0 Å². The third-order valence-electron chi connectivity index (χ3n) is 3.26. The molecule has 2 rings (SSSR count). The maximum absolute atomic E-state index is 5.86. The van der Waals surface area contributed by atoms with Crippen LogP contribution in [-0.2, 0) is 0 Å². The van der Waals surface area contributed by atoms with Gasteiger partial charge in [-0.1, -0.05) is 25.0 Å². The summed E-state index contributed by atoms with van der Waals surface area (Å²) in [5.74, 6) is 0.700. The first-order valence-corrected chi connectivity index (χ1v) is 7.60. The van der Waals surface area contributed by atoms with Crippen LogP contribution in [-0.4, -0.2) is 11.8 Å². The topological polar surface area (TPSA) is 26.0 Å². The van der Waals surface area contributed by atoms with Crippen LogP contribution in [0.15, 0.2) is 33.6 Å². The lowest BCUT2D eigenvalue weighted by molar-refractivity contribution is 0.378. The molecular weight excluding hydrogens is 282 g/mol. The molecule has 0 aromatic heterocycles. The molecule has 0 spiro atoms. The van der Waals surface area contributed by atoms with E-state index in [4.69, 9.17) is 5.73 Å². The first kappa shape index (κ1) is 12.5. The van der Waals surface area contributed by atoms with E-state index in [1.807, 2.05) is 11.8 Å². The number of nitrogens with two attached hydrogens (primary N) is 1. The van der Waals surface area contributed by atoms with Crippen LogP contribution in [0.1, 0.15) is 25.7 Å². The Morgan fingerprint density at radius 2 is 2.00 bits per heavy atom. The number of halogens is 1. The van der Waals surface area contributed by atoms with Crippen molar-refractivity contribution in [2.75, 3.05) is 6.54 Å². The minimum absolute atomic E-state index is 0.700. The fraction of sp³-hybridized carbons (Fsp3) is 0.538. The molecule has 1 fully saturated rings. The van der Waals surface area contributed by atoms with E-state index in [1.54, 1.807) is 0 Å². The molecule has 0 saturated heterocycles. The SMILES string of the molecule is NCC1CCCCC1Sc1ccccc1Br. The lowest BCUT2D eigenvalue weighted by Crippen LogP contribution is -2.28. The second-order valence-electron chi connectivity index (χ2n) is 4.37. The van der Waals surface area contributed by atoms with Crippen molar-refractivity contribution in [3.8, 4) is 0 Å². The highest BCUT2D eigenvalue weighted by Gasteiger charge is 2.25. The summed E-state index contributed by atoms with van der Waals surface area (Å²) in [5.41, 5.74) is 5.86. The van der Waals surface area contributed by atoms with E-state index in [9.17, 15) is 0 Å². The molecule has 0 aliphatic heterocycles. The smallest absolute Gasteiger partial charge is 0.0311 e. The summed E-state index contributed by atoms with van der Waals surface area (Å²) in [5, 5.41) is 0.706. The molecule has 88 valence electrons. The summed E-state index contributed by atoms with van der Waals surface area (Å²) in [6.45, 7) is 0.835. The largest absolute Gasteiger partial charge is 0.330 e. The molecule has 1 aromatic carbocycles. The van der Waals surface area contributed by atoms with Gasteiger partial charge in [-0.3, -0.25) is 0 Å². The molecule has 0 amide bonds. The number of rotatable bonds is 3. The van der Waals surface area contributed by atoms with Gasteiger partial charge in [-0.05, 0) is 53.4 Å². The van der Waals surface area contributed by atoms with Crippen molar-refractivity contribution in [1.29, 1.82) is 0 Å². The predicted molar refractivity (Wildman–Crippen MR) is 74.8 cm³/mol. The fourth-order valence-electron chi connectivity index (χ4n) is 2.30. The summed E-state index contributed by atoms with van der Waals surface area (Å²) >= 11 is 5.61. The molecule has 0 radical (unpaired) electrons. The van der Waals surface area contributed by atoms with Gasteiger partial charge in [-0.15, -0.1) is 11.8 Å². The van der Waals surface area contributed by atoms with Crippen LogP contribution in [0, 0.1) is 5.92 Å². The monoisotopic (exact) mass is 299 g/mol. The van der Waals surface area contributed by atoms with Gasteiger partial charge < -0.3 is 5.73 Å². The molecule has 2 atom stereocenters. The zero-order chi connectivity index (χ0) is 11.4. The second-order valence-corrected chi connectivity index (χ2v) is 6.50. The average molecular weight is 300 g/mol. The summed E-state index contributed by atoms with van der Waals surface area (Å²) in [6.07, 6.45) is 5.33. The standard InChI is InChI=1S/C13H18BrNS/c14-11-6-2-4-8-13(11)16-12-7-3-1-5-10(12)9-15/h2,4,6,8,10,12H,1,3,5,7,9,15H2. The van der Waals surface area contributed by atoms with Crippen molar-refractivity contribution in [1.82, 2.24) is 0 Å².